The van der Waals surface area contributed by atoms with Gasteiger partial charge in [0.1, 0.15) is 0 Å². The van der Waals surface area contributed by atoms with E-state index in [1.54, 1.807) is 24.3 Å². The Labute approximate surface area is 106 Å². The summed E-state index contributed by atoms with van der Waals surface area (Å²) in [5, 5.41) is 4.91. The van der Waals surface area contributed by atoms with Gasteiger partial charge in [-0.2, -0.15) is 0 Å². The zero-order valence-corrected chi connectivity index (χ0v) is 10.0. The van der Waals surface area contributed by atoms with Crippen molar-refractivity contribution >= 4 is 11.9 Å². The van der Waals surface area contributed by atoms with E-state index in [2.05, 4.69) is 10.6 Å². The van der Waals surface area contributed by atoms with E-state index in [0.29, 0.717) is 12.1 Å². The van der Waals surface area contributed by atoms with Gasteiger partial charge in [0.25, 0.3) is 5.91 Å². The summed E-state index contributed by atoms with van der Waals surface area (Å²) in [5.41, 5.74) is 0.463. The lowest BCUT2D eigenvalue weighted by Crippen LogP contribution is -2.42. The molecule has 1 aliphatic heterocycles. The fourth-order valence-electron chi connectivity index (χ4n) is 1.82. The molecular weight excluding hydrogens is 232 g/mol. The first-order valence-electron chi connectivity index (χ1n) is 6.01. The quantitative estimate of drug-likeness (QED) is 0.847. The summed E-state index contributed by atoms with van der Waals surface area (Å²) in [5.74, 6) is -0.402. The summed E-state index contributed by atoms with van der Waals surface area (Å²) in [6.45, 7) is 1.19. The lowest BCUT2D eigenvalue weighted by molar-refractivity contribution is 0.0954. The minimum absolute atomic E-state index is 0.0718. The van der Waals surface area contributed by atoms with E-state index in [4.69, 9.17) is 4.74 Å². The van der Waals surface area contributed by atoms with Crippen LogP contribution in [0.4, 0.5) is 4.79 Å². The number of rotatable bonds is 3. The number of urea groups is 1. The number of carbonyl (C=O) groups excluding carboxylic acids is 2. The molecule has 0 saturated carbocycles. The Balaban J connectivity index is 1.75. The average molecular weight is 248 g/mol. The molecule has 1 atom stereocenters. The molecule has 0 aromatic heterocycles. The highest BCUT2D eigenvalue weighted by atomic mass is 16.5. The Morgan fingerprint density at radius 2 is 2.06 bits per heavy atom. The smallest absolute Gasteiger partial charge is 0.321 e. The van der Waals surface area contributed by atoms with E-state index in [-0.39, 0.29) is 6.10 Å². The van der Waals surface area contributed by atoms with Gasteiger partial charge in [-0.1, -0.05) is 18.2 Å². The summed E-state index contributed by atoms with van der Waals surface area (Å²) in [7, 11) is 0. The number of hydrogen-bond acceptors (Lipinski definition) is 3. The molecule has 5 heteroatoms. The predicted octanol–water partition coefficient (Wildman–Crippen LogP) is 1.30. The molecule has 18 heavy (non-hydrogen) atoms. The molecule has 1 unspecified atom stereocenters. The molecule has 0 aliphatic carbocycles. The van der Waals surface area contributed by atoms with Crippen molar-refractivity contribution in [3.05, 3.63) is 35.9 Å². The second-order valence-corrected chi connectivity index (χ2v) is 4.17. The van der Waals surface area contributed by atoms with Crippen LogP contribution >= 0.6 is 0 Å². The van der Waals surface area contributed by atoms with Gasteiger partial charge in [0.2, 0.25) is 0 Å². The highest BCUT2D eigenvalue weighted by molar-refractivity contribution is 6.04. The molecule has 1 aromatic rings. The minimum Gasteiger partial charge on any atom is -0.376 e. The fourth-order valence-corrected chi connectivity index (χ4v) is 1.82. The third-order valence-corrected chi connectivity index (χ3v) is 2.78. The first kappa shape index (κ1) is 12.6. The lowest BCUT2D eigenvalue weighted by atomic mass is 10.2. The fraction of sp³-hybridized carbons (Fsp3) is 0.385. The van der Waals surface area contributed by atoms with Crippen molar-refractivity contribution in [2.24, 2.45) is 0 Å². The van der Waals surface area contributed by atoms with Crippen molar-refractivity contribution in [1.82, 2.24) is 10.6 Å². The third kappa shape index (κ3) is 3.56. The molecule has 0 radical (unpaired) electrons. The third-order valence-electron chi connectivity index (χ3n) is 2.78. The van der Waals surface area contributed by atoms with Crippen LogP contribution in [0.3, 0.4) is 0 Å². The first-order valence-corrected chi connectivity index (χ1v) is 6.01. The molecule has 3 amide bonds. The van der Waals surface area contributed by atoms with Gasteiger partial charge in [-0.05, 0) is 25.0 Å². The second-order valence-electron chi connectivity index (χ2n) is 4.17. The number of imide groups is 1. The maximum Gasteiger partial charge on any atom is 0.321 e. The van der Waals surface area contributed by atoms with Gasteiger partial charge in [0.05, 0.1) is 6.10 Å². The average Bonchev–Trinajstić information content (AvgIpc) is 2.90. The molecule has 2 rings (SSSR count). The molecule has 96 valence electrons. The van der Waals surface area contributed by atoms with Crippen LogP contribution in [-0.4, -0.2) is 31.2 Å². The Morgan fingerprint density at radius 3 is 2.72 bits per heavy atom. The SMILES string of the molecule is O=C(NCC1CCCO1)NC(=O)c1ccccc1. The molecule has 1 aliphatic rings. The number of carbonyl (C=O) groups is 2. The Hall–Kier alpha value is -1.88. The van der Waals surface area contributed by atoms with Crippen LogP contribution in [0, 0.1) is 0 Å². The molecule has 1 heterocycles. The molecule has 2 N–H and O–H groups in total. The lowest BCUT2D eigenvalue weighted by Gasteiger charge is -2.11. The number of benzene rings is 1. The number of hydrogen-bond donors (Lipinski definition) is 2. The number of nitrogens with one attached hydrogen (secondary N) is 2. The van der Waals surface area contributed by atoms with E-state index in [1.807, 2.05) is 6.07 Å². The Bertz CT molecular complexity index is 414. The molecule has 5 nitrogen and oxygen atoms in total. The van der Waals surface area contributed by atoms with Crippen molar-refractivity contribution < 1.29 is 14.3 Å². The molecular formula is C13H16N2O3. The molecule has 0 bridgehead atoms. The maximum atomic E-state index is 11.6. The van der Waals surface area contributed by atoms with Crippen LogP contribution < -0.4 is 10.6 Å². The maximum absolute atomic E-state index is 11.6. The first-order chi connectivity index (χ1) is 8.75. The minimum atomic E-state index is -0.487. The van der Waals surface area contributed by atoms with Crippen molar-refractivity contribution in [2.45, 2.75) is 18.9 Å². The summed E-state index contributed by atoms with van der Waals surface area (Å²) in [6, 6.07) is 8.14. The normalized spacial score (nSPS) is 18.3. The van der Waals surface area contributed by atoms with Crippen LogP contribution in [0.25, 0.3) is 0 Å². The number of ether oxygens (including phenoxy) is 1. The van der Waals surface area contributed by atoms with Crippen molar-refractivity contribution in [1.29, 1.82) is 0 Å². The van der Waals surface area contributed by atoms with E-state index >= 15 is 0 Å². The second kappa shape index (κ2) is 6.16. The van der Waals surface area contributed by atoms with Gasteiger partial charge in [0, 0.05) is 18.7 Å². The Morgan fingerprint density at radius 1 is 1.28 bits per heavy atom. The van der Waals surface area contributed by atoms with Crippen LogP contribution in [0.5, 0.6) is 0 Å². The van der Waals surface area contributed by atoms with Crippen LogP contribution in [0.2, 0.25) is 0 Å². The monoisotopic (exact) mass is 248 g/mol. The number of amides is 3. The van der Waals surface area contributed by atoms with Crippen molar-refractivity contribution in [3.63, 3.8) is 0 Å². The van der Waals surface area contributed by atoms with Gasteiger partial charge in [-0.15, -0.1) is 0 Å². The zero-order valence-electron chi connectivity index (χ0n) is 10.0. The zero-order chi connectivity index (χ0) is 12.8. The molecule has 1 fully saturated rings. The molecule has 1 saturated heterocycles. The molecule has 1 aromatic carbocycles. The van der Waals surface area contributed by atoms with Crippen molar-refractivity contribution in [2.75, 3.05) is 13.2 Å². The van der Waals surface area contributed by atoms with Crippen molar-refractivity contribution in [3.8, 4) is 0 Å². The Kier molecular flexibility index (Phi) is 4.30. The largest absolute Gasteiger partial charge is 0.376 e. The van der Waals surface area contributed by atoms with Gasteiger partial charge in [0.15, 0.2) is 0 Å². The van der Waals surface area contributed by atoms with E-state index in [0.717, 1.165) is 19.4 Å². The van der Waals surface area contributed by atoms with Gasteiger partial charge in [-0.3, -0.25) is 10.1 Å². The summed E-state index contributed by atoms with van der Waals surface area (Å²) in [4.78, 5) is 23.1. The van der Waals surface area contributed by atoms with Gasteiger partial charge in [-0.25, -0.2) is 4.79 Å². The van der Waals surface area contributed by atoms with Gasteiger partial charge >= 0.3 is 6.03 Å². The topological polar surface area (TPSA) is 67.4 Å². The highest BCUT2D eigenvalue weighted by Gasteiger charge is 2.17. The molecule has 0 spiro atoms. The van der Waals surface area contributed by atoms with Crippen LogP contribution in [0.15, 0.2) is 30.3 Å². The highest BCUT2D eigenvalue weighted by Crippen LogP contribution is 2.10. The summed E-state index contributed by atoms with van der Waals surface area (Å²) < 4.78 is 5.37. The summed E-state index contributed by atoms with van der Waals surface area (Å²) >= 11 is 0. The van der Waals surface area contributed by atoms with E-state index in [9.17, 15) is 9.59 Å². The van der Waals surface area contributed by atoms with E-state index in [1.165, 1.54) is 0 Å². The van der Waals surface area contributed by atoms with Gasteiger partial charge < -0.3 is 10.1 Å². The van der Waals surface area contributed by atoms with E-state index < -0.39 is 11.9 Å². The summed E-state index contributed by atoms with van der Waals surface area (Å²) in [6.07, 6.45) is 2.05. The van der Waals surface area contributed by atoms with Crippen LogP contribution in [0.1, 0.15) is 23.2 Å². The van der Waals surface area contributed by atoms with Crippen LogP contribution in [-0.2, 0) is 4.74 Å². The predicted molar refractivity (Wildman–Crippen MR) is 66.3 cm³/mol. The standard InChI is InChI=1S/C13H16N2O3/c16-12(10-5-2-1-3-6-10)15-13(17)14-9-11-7-4-8-18-11/h1-3,5-6,11H,4,7-9H2,(H2,14,15,16,17).